The average Bonchev–Trinajstić information content (AvgIpc) is 2.84. The van der Waals surface area contributed by atoms with E-state index >= 15 is 0 Å². The summed E-state index contributed by atoms with van der Waals surface area (Å²) in [6, 6.07) is 6.41. The lowest BCUT2D eigenvalue weighted by Crippen LogP contribution is -2.35. The number of imidazole rings is 1. The van der Waals surface area contributed by atoms with Crippen LogP contribution >= 0.6 is 11.8 Å². The lowest BCUT2D eigenvalue weighted by molar-refractivity contribution is 0.415. The van der Waals surface area contributed by atoms with Crippen molar-refractivity contribution < 1.29 is 4.74 Å². The van der Waals surface area contributed by atoms with Crippen molar-refractivity contribution in [3.63, 3.8) is 0 Å². The molecule has 1 atom stereocenters. The summed E-state index contributed by atoms with van der Waals surface area (Å²) in [5, 5.41) is 4.49. The maximum Gasteiger partial charge on any atom is 0.166 e. The number of fused-ring (bicyclic) bond motifs is 1. The van der Waals surface area contributed by atoms with E-state index in [0.29, 0.717) is 12.0 Å². The molecule has 0 amide bonds. The van der Waals surface area contributed by atoms with Crippen molar-refractivity contribution >= 4 is 22.8 Å². The minimum Gasteiger partial charge on any atom is -0.497 e. The van der Waals surface area contributed by atoms with Crippen molar-refractivity contribution in [2.45, 2.75) is 32.0 Å². The summed E-state index contributed by atoms with van der Waals surface area (Å²) >= 11 is 1.77. The Kier molecular flexibility index (Phi) is 5.31. The van der Waals surface area contributed by atoms with Crippen LogP contribution in [0, 0.1) is 5.92 Å². The standard InChI is InChI=1S/C15H23N3OS/c1-5-16-14(10(2)3)9-20-15-17-12-7-6-11(19-4)8-13(12)18-15/h6-8,10,14,16H,5,9H2,1-4H3,(H,17,18). The fraction of sp³-hybridized carbons (Fsp3) is 0.533. The van der Waals surface area contributed by atoms with Crippen LogP contribution in [0.5, 0.6) is 5.75 Å². The molecule has 2 aromatic rings. The third-order valence-corrected chi connectivity index (χ3v) is 4.33. The molecule has 1 unspecified atom stereocenters. The number of aromatic amines is 1. The zero-order valence-corrected chi connectivity index (χ0v) is 13.4. The number of benzene rings is 1. The Morgan fingerprint density at radius 1 is 1.40 bits per heavy atom. The number of rotatable bonds is 7. The Morgan fingerprint density at radius 2 is 2.20 bits per heavy atom. The molecule has 20 heavy (non-hydrogen) atoms. The van der Waals surface area contributed by atoms with Crippen LogP contribution in [0.3, 0.4) is 0 Å². The Labute approximate surface area is 124 Å². The minimum absolute atomic E-state index is 0.507. The number of hydrogen-bond donors (Lipinski definition) is 2. The highest BCUT2D eigenvalue weighted by Gasteiger charge is 2.13. The molecular weight excluding hydrogens is 270 g/mol. The fourth-order valence-corrected chi connectivity index (χ4v) is 3.26. The lowest BCUT2D eigenvalue weighted by atomic mass is 10.1. The first-order valence-electron chi connectivity index (χ1n) is 7.04. The van der Waals surface area contributed by atoms with Gasteiger partial charge in [0.15, 0.2) is 5.16 Å². The molecule has 0 aliphatic rings. The number of ether oxygens (including phenoxy) is 1. The molecule has 5 heteroatoms. The van der Waals surface area contributed by atoms with E-state index in [1.165, 1.54) is 0 Å². The van der Waals surface area contributed by atoms with E-state index in [0.717, 1.165) is 34.2 Å². The van der Waals surface area contributed by atoms with Crippen molar-refractivity contribution in [2.75, 3.05) is 19.4 Å². The Bertz CT molecular complexity index is 553. The van der Waals surface area contributed by atoms with Crippen LogP contribution in [0.25, 0.3) is 11.0 Å². The van der Waals surface area contributed by atoms with Crippen LogP contribution in [0.15, 0.2) is 23.4 Å². The summed E-state index contributed by atoms with van der Waals surface area (Å²) in [6.07, 6.45) is 0. The smallest absolute Gasteiger partial charge is 0.166 e. The monoisotopic (exact) mass is 293 g/mol. The maximum absolute atomic E-state index is 5.23. The van der Waals surface area contributed by atoms with Crippen LogP contribution in [0.4, 0.5) is 0 Å². The highest BCUT2D eigenvalue weighted by molar-refractivity contribution is 7.99. The predicted octanol–water partition coefficient (Wildman–Crippen LogP) is 3.30. The summed E-state index contributed by atoms with van der Waals surface area (Å²) in [6.45, 7) is 7.64. The van der Waals surface area contributed by atoms with Crippen LogP contribution < -0.4 is 10.1 Å². The molecule has 110 valence electrons. The van der Waals surface area contributed by atoms with Crippen LogP contribution in [0.2, 0.25) is 0 Å². The fourth-order valence-electron chi connectivity index (χ4n) is 2.08. The first-order chi connectivity index (χ1) is 9.63. The minimum atomic E-state index is 0.507. The van der Waals surface area contributed by atoms with Gasteiger partial charge in [-0.3, -0.25) is 0 Å². The molecule has 4 nitrogen and oxygen atoms in total. The quantitative estimate of drug-likeness (QED) is 0.769. The zero-order valence-electron chi connectivity index (χ0n) is 12.6. The summed E-state index contributed by atoms with van der Waals surface area (Å²) < 4.78 is 5.23. The van der Waals surface area contributed by atoms with Gasteiger partial charge >= 0.3 is 0 Å². The summed E-state index contributed by atoms with van der Waals surface area (Å²) in [4.78, 5) is 7.95. The van der Waals surface area contributed by atoms with E-state index in [2.05, 4.69) is 36.1 Å². The van der Waals surface area contributed by atoms with Gasteiger partial charge in [0.25, 0.3) is 0 Å². The summed E-state index contributed by atoms with van der Waals surface area (Å²) in [5.41, 5.74) is 2.01. The van der Waals surface area contributed by atoms with Gasteiger partial charge in [-0.2, -0.15) is 0 Å². The van der Waals surface area contributed by atoms with E-state index in [1.54, 1.807) is 18.9 Å². The van der Waals surface area contributed by atoms with Crippen molar-refractivity contribution in [3.05, 3.63) is 18.2 Å². The number of nitrogens with zero attached hydrogens (tertiary/aromatic N) is 1. The number of methoxy groups -OCH3 is 1. The van der Waals surface area contributed by atoms with Gasteiger partial charge in [0.1, 0.15) is 5.75 Å². The SMILES string of the molecule is CCNC(CSc1nc2ccc(OC)cc2[nH]1)C(C)C. The molecule has 1 heterocycles. The van der Waals surface area contributed by atoms with Gasteiger partial charge < -0.3 is 15.0 Å². The first-order valence-corrected chi connectivity index (χ1v) is 8.02. The molecule has 2 N–H and O–H groups in total. The number of H-pyrrole nitrogens is 1. The third-order valence-electron chi connectivity index (χ3n) is 3.34. The number of nitrogens with one attached hydrogen (secondary N) is 2. The van der Waals surface area contributed by atoms with E-state index in [4.69, 9.17) is 4.74 Å². The average molecular weight is 293 g/mol. The molecule has 2 rings (SSSR count). The zero-order chi connectivity index (χ0) is 14.5. The highest BCUT2D eigenvalue weighted by Crippen LogP contribution is 2.24. The predicted molar refractivity (Wildman–Crippen MR) is 85.7 cm³/mol. The normalized spacial score (nSPS) is 13.1. The molecule has 0 aliphatic heterocycles. The summed E-state index contributed by atoms with van der Waals surface area (Å²) in [5.74, 6) is 2.49. The van der Waals surface area contributed by atoms with Gasteiger partial charge in [-0.1, -0.05) is 32.5 Å². The van der Waals surface area contributed by atoms with Crippen molar-refractivity contribution in [1.29, 1.82) is 0 Å². The van der Waals surface area contributed by atoms with Crippen molar-refractivity contribution in [2.24, 2.45) is 5.92 Å². The second-order valence-corrected chi connectivity index (χ2v) is 6.15. The van der Waals surface area contributed by atoms with Gasteiger partial charge in [0.2, 0.25) is 0 Å². The molecule has 0 spiro atoms. The number of thioether (sulfide) groups is 1. The Morgan fingerprint density at radius 3 is 2.85 bits per heavy atom. The topological polar surface area (TPSA) is 49.9 Å². The van der Waals surface area contributed by atoms with Crippen molar-refractivity contribution in [1.82, 2.24) is 15.3 Å². The molecule has 0 saturated carbocycles. The van der Waals surface area contributed by atoms with Gasteiger partial charge in [0, 0.05) is 17.9 Å². The van der Waals surface area contributed by atoms with Gasteiger partial charge in [-0.05, 0) is 24.6 Å². The molecule has 1 aromatic carbocycles. The Hall–Kier alpha value is -1.20. The number of aromatic nitrogens is 2. The largest absolute Gasteiger partial charge is 0.497 e. The second kappa shape index (κ2) is 6.99. The molecule has 0 aliphatic carbocycles. The van der Waals surface area contributed by atoms with E-state index in [-0.39, 0.29) is 0 Å². The van der Waals surface area contributed by atoms with E-state index in [9.17, 15) is 0 Å². The van der Waals surface area contributed by atoms with Gasteiger partial charge in [-0.25, -0.2) is 4.98 Å². The van der Waals surface area contributed by atoms with Crippen LogP contribution in [-0.2, 0) is 0 Å². The molecule has 0 saturated heterocycles. The summed E-state index contributed by atoms with van der Waals surface area (Å²) in [7, 11) is 1.68. The lowest BCUT2D eigenvalue weighted by Gasteiger charge is -2.20. The van der Waals surface area contributed by atoms with Crippen LogP contribution in [-0.4, -0.2) is 35.4 Å². The van der Waals surface area contributed by atoms with E-state index in [1.807, 2.05) is 18.2 Å². The molecular formula is C15H23N3OS. The van der Waals surface area contributed by atoms with Gasteiger partial charge in [-0.15, -0.1) is 0 Å². The number of hydrogen-bond acceptors (Lipinski definition) is 4. The molecule has 0 fully saturated rings. The second-order valence-electron chi connectivity index (χ2n) is 5.14. The molecule has 1 aromatic heterocycles. The van der Waals surface area contributed by atoms with Crippen molar-refractivity contribution in [3.8, 4) is 5.75 Å². The van der Waals surface area contributed by atoms with Crippen LogP contribution in [0.1, 0.15) is 20.8 Å². The maximum atomic E-state index is 5.23. The third kappa shape index (κ3) is 3.67. The Balaban J connectivity index is 2.06. The molecule has 0 radical (unpaired) electrons. The van der Waals surface area contributed by atoms with Gasteiger partial charge in [0.05, 0.1) is 18.1 Å². The van der Waals surface area contributed by atoms with E-state index < -0.39 is 0 Å². The first kappa shape index (κ1) is 15.2. The molecule has 0 bridgehead atoms. The highest BCUT2D eigenvalue weighted by atomic mass is 32.2.